The highest BCUT2D eigenvalue weighted by molar-refractivity contribution is 7.97. The third kappa shape index (κ3) is 94.2. The first-order valence-electron chi connectivity index (χ1n) is 45.0. The predicted octanol–water partition coefficient (Wildman–Crippen LogP) is 19.5. The van der Waals surface area contributed by atoms with E-state index in [4.69, 9.17) is 53.1 Å². The number of sulfone groups is 5. The predicted molar refractivity (Wildman–Crippen MR) is 538 cm³/mol. The number of hydrogen-bond donors (Lipinski definition) is 2. The number of sulfonamides is 1. The summed E-state index contributed by atoms with van der Waals surface area (Å²) in [4.78, 5) is 75.7. The van der Waals surface area contributed by atoms with Crippen molar-refractivity contribution in [2.45, 2.75) is 310 Å². The van der Waals surface area contributed by atoms with Crippen LogP contribution in [0.2, 0.25) is 0 Å². The monoisotopic (exact) mass is 1970 g/mol. The van der Waals surface area contributed by atoms with E-state index in [1.54, 1.807) is 147 Å². The Balaban J connectivity index is -0.000000102. The van der Waals surface area contributed by atoms with Crippen LogP contribution >= 0.6 is 0 Å². The van der Waals surface area contributed by atoms with Gasteiger partial charge in [0.15, 0.2) is 83.9 Å². The Bertz CT molecular complexity index is 5480. The summed E-state index contributed by atoms with van der Waals surface area (Å²) in [7, 11) is -20.7. The molecule has 0 aromatic rings. The fourth-order valence-electron chi connectivity index (χ4n) is 6.75. The van der Waals surface area contributed by atoms with E-state index in [1.807, 2.05) is 95.2 Å². The number of nitrogens with one attached hydrogen (secondary N) is 2. The fourth-order valence-corrected chi connectivity index (χ4v) is 12.7. The fraction of sp³-hybridized carbons (Fsp3) is 0.577. The molecule has 0 heterocycles. The van der Waals surface area contributed by atoms with Crippen LogP contribution < -0.4 is 10.0 Å². The largest absolute Gasteiger partial charge is 0.341 e. The molecule has 0 aromatic heterocycles. The summed E-state index contributed by atoms with van der Waals surface area (Å²) in [5.41, 5.74) is 0.465. The second kappa shape index (κ2) is 84.8. The number of rotatable bonds is 30. The Morgan fingerprint density at radius 2 is 0.773 bits per heavy atom. The summed E-state index contributed by atoms with van der Waals surface area (Å²) in [6, 6.07) is 12.5. The molecule has 0 unspecified atom stereocenters. The molecule has 0 saturated heterocycles. The van der Waals surface area contributed by atoms with Crippen LogP contribution in [-0.2, 0) is 92.8 Å². The quantitative estimate of drug-likeness (QED) is 0.0383. The number of amides is 1. The SMILES string of the molecule is C.C/C=C(\C#N)C(=O)C(C)C.C/C=C(\C#N)C(=O)CC(C)C.C/C=C(\C#N)S(=O)(=O)C(C)C.C/C=C(\C#N)S(=O)(=O)CC(C)C.C=C(C#N)C(=O)C(C)C.C=C(C#N)C(=O)CC(C)C.C=C(C#N)S(=O)(=O)C(C)C.C=C(C#N)S(=O)(=O)CC(C)C.CCC#CC(=O)NC(C)(C)C.[2H]/C(C)=C(/[2H])C(=O)C(C)C.[2H]/C(C)=C(/[2H])C(=O)CC(C)C.[2H]/C(C)=C(/[2H])S(=O)(=O)C(C)C.[2H]/C(C)=C(/[2H])S(=O)(=O)NC(C)C. The van der Waals surface area contributed by atoms with Gasteiger partial charge in [0, 0.05) is 65.8 Å². The first-order chi connectivity index (χ1) is 62.6. The molecule has 0 aliphatic heterocycles. The maximum Gasteiger partial charge on any atom is 0.296 e. The Morgan fingerprint density at radius 1 is 0.402 bits per heavy atom. The molecule has 0 atom stereocenters. The number of hydrogen-bond acceptors (Lipinski definition) is 27. The van der Waals surface area contributed by atoms with Crippen molar-refractivity contribution in [3.63, 3.8) is 0 Å². The first kappa shape index (κ1) is 132. The third-order valence-corrected chi connectivity index (χ3v) is 24.5. The smallest absolute Gasteiger partial charge is 0.296 e. The van der Waals surface area contributed by atoms with E-state index in [0.717, 1.165) is 6.42 Å². The molecule has 0 aromatic carbocycles. The van der Waals surface area contributed by atoms with E-state index < -0.39 is 85.7 Å². The van der Waals surface area contributed by atoms with Crippen molar-refractivity contribution in [3.05, 3.63) is 140 Å². The van der Waals surface area contributed by atoms with Gasteiger partial charge in [0.25, 0.3) is 5.91 Å². The lowest BCUT2D eigenvalue weighted by Crippen LogP contribution is -2.39. The molecule has 0 spiro atoms. The van der Waals surface area contributed by atoms with Gasteiger partial charge in [0.1, 0.15) is 68.2 Å². The molecule has 1 amide bonds. The number of nitriles is 8. The van der Waals surface area contributed by atoms with Crippen LogP contribution in [0, 0.1) is 150 Å². The van der Waals surface area contributed by atoms with Crippen LogP contribution in [0.3, 0.4) is 0 Å². The maximum atomic E-state index is 11.3. The summed E-state index contributed by atoms with van der Waals surface area (Å²) in [5, 5.41) is 66.4. The molecule has 35 heteroatoms. The van der Waals surface area contributed by atoms with Gasteiger partial charge in [0.05, 0.1) is 60.5 Å². The maximum absolute atomic E-state index is 11.3. The Morgan fingerprint density at radius 3 is 0.985 bits per heavy atom. The summed E-state index contributed by atoms with van der Waals surface area (Å²) in [6.07, 6.45) is 7.73. The minimum atomic E-state index is -3.75. The summed E-state index contributed by atoms with van der Waals surface area (Å²) in [6.45, 7) is 74.2. The topological polar surface area (TPSA) is 539 Å². The normalized spacial score (nSPS) is 12.7. The molecule has 746 valence electrons. The highest BCUT2D eigenvalue weighted by atomic mass is 32.2. The number of Topliss-reactive ketones (excluding diaryl/α,β-unsaturated/α-hetero) is 4. The Hall–Kier alpha value is -10.5. The molecule has 132 heavy (non-hydrogen) atoms. The van der Waals surface area contributed by atoms with E-state index in [9.17, 15) is 84.1 Å². The molecule has 0 saturated carbocycles. The average molecular weight is 1970 g/mol. The molecule has 0 aliphatic carbocycles. The zero-order valence-corrected chi connectivity index (χ0v) is 89.0. The summed E-state index contributed by atoms with van der Waals surface area (Å²) < 4.78 is 192. The summed E-state index contributed by atoms with van der Waals surface area (Å²) >= 11 is 0. The molecule has 0 fully saturated rings. The second-order valence-corrected chi connectivity index (χ2v) is 44.5. The molecule has 29 nitrogen and oxygen atoms in total. The van der Waals surface area contributed by atoms with Crippen LogP contribution in [-0.4, -0.2) is 130 Å². The molecule has 0 bridgehead atoms. The van der Waals surface area contributed by atoms with Crippen molar-refractivity contribution in [1.82, 2.24) is 10.0 Å². The van der Waals surface area contributed by atoms with Gasteiger partial charge >= 0.3 is 0 Å². The average Bonchev–Trinajstić information content (AvgIpc) is 0.851. The molecular formula is C97H158N10O19S6. The highest BCUT2D eigenvalue weighted by Crippen LogP contribution is 2.15. The first-order valence-corrected chi connectivity index (χ1v) is 50.4. The van der Waals surface area contributed by atoms with Gasteiger partial charge in [-0.25, -0.2) is 55.2 Å². The van der Waals surface area contributed by atoms with E-state index >= 15 is 0 Å². The van der Waals surface area contributed by atoms with Crippen LogP contribution in [0.4, 0.5) is 0 Å². The zero-order valence-electron chi connectivity index (χ0n) is 92.1. The van der Waals surface area contributed by atoms with Gasteiger partial charge in [-0.15, -0.1) is 0 Å². The Labute approximate surface area is 810 Å². The van der Waals surface area contributed by atoms with Gasteiger partial charge in [-0.3, -0.25) is 33.6 Å². The van der Waals surface area contributed by atoms with Crippen molar-refractivity contribution in [2.75, 3.05) is 11.5 Å². The lowest BCUT2D eigenvalue weighted by atomic mass is 10.0. The van der Waals surface area contributed by atoms with E-state index in [2.05, 4.69) is 48.2 Å². The summed E-state index contributed by atoms with van der Waals surface area (Å²) in [5.74, 6) is 4.73. The lowest BCUT2D eigenvalue weighted by Gasteiger charge is -2.17. The van der Waals surface area contributed by atoms with Crippen molar-refractivity contribution >= 4 is 99.8 Å². The van der Waals surface area contributed by atoms with E-state index in [-0.39, 0.29) is 185 Å². The molecule has 0 rings (SSSR count). The second-order valence-electron chi connectivity index (χ2n) is 31.8. The molecule has 0 radical (unpaired) electrons. The lowest BCUT2D eigenvalue weighted by molar-refractivity contribution is -0.118. The van der Waals surface area contributed by atoms with Crippen molar-refractivity contribution in [3.8, 4) is 60.4 Å². The number of allylic oxidation sites excluding steroid dienone is 18. The van der Waals surface area contributed by atoms with Crippen LogP contribution in [0.1, 0.15) is 293 Å². The van der Waals surface area contributed by atoms with Crippen molar-refractivity contribution in [2.24, 2.45) is 47.3 Å². The number of nitrogens with zero attached hydrogens (tertiary/aromatic N) is 8. The van der Waals surface area contributed by atoms with Gasteiger partial charge in [-0.05, 0) is 179 Å². The van der Waals surface area contributed by atoms with Gasteiger partial charge in [-0.1, -0.05) is 206 Å². The van der Waals surface area contributed by atoms with Crippen LogP contribution in [0.25, 0.3) is 0 Å². The van der Waals surface area contributed by atoms with Crippen molar-refractivity contribution < 1.29 is 95.0 Å². The standard InChI is InChI=1S/C9H15NO.C9H13NO.C8H13NO2S.2C8H11NO.C8H14O.2C7H11NO2S.C7H9NO.C7H12O.C6H9NO2S.C6H13NO2S.C6H12O2S.CH4/c1-5-6-7-8(11)10-9(2,3)4;1-4-8(6-10)9(11)5-7(2)3;1-4-8(5-9)12(10,11)6-7(2)3;1-6(2)4-8(10)7(3)5-9;1-4-7(5-9)8(10)6(2)3;1-4-5-8(9)6-7(2)3;1-6(2)5-11(9,10)7(3)4-8;1-4-7(5-8)11(9,10)6(2)3;1-5(2)7(9)6(3)4-8;1-4-5-7(8)6(2)3;1-5(2)10(8,9)6(3)4-7;1-4-5-10(8,9)7-6(2)3;1-4-5-9(7,8)6(2)3;/h5H2,1-4H3,(H,10,11);4,7H,5H2,1-3H3;4,7H,6H2,1-3H3;6H,3-4H2,1-2H3;4,6H,1-3H3;4-5,7H,6H2,1-3H3;6H,3,5H2,1-2H3;4,6H,1-3H3;5H,3H2,1-2H3;4-6H,1-3H3;5H,3H2,1-2H3;4-7H,1-3H3;4-6H,1-3H3;1H4/b;2*8-4+;;7-4+;5-4+;;7-4+;;5-4+;;2*5-4+;/i;;;;;4D,5D;;;;4D,5D;;2*4D,5D;. The van der Waals surface area contributed by atoms with E-state index in [1.165, 1.54) is 79.7 Å². The van der Waals surface area contributed by atoms with Crippen LogP contribution in [0.15, 0.2) is 140 Å². The van der Waals surface area contributed by atoms with Crippen LogP contribution in [0.5, 0.6) is 0 Å². The minimum absolute atomic E-state index is 0. The van der Waals surface area contributed by atoms with Crippen molar-refractivity contribution in [1.29, 1.82) is 42.1 Å². The number of carbonyl (C=O) groups excluding carboxylic acids is 7. The van der Waals surface area contributed by atoms with Gasteiger partial charge in [0.2, 0.25) is 10.0 Å². The third-order valence-electron chi connectivity index (χ3n) is 13.2. The molecule has 2 N–H and O–H groups in total. The molecule has 0 aliphatic rings. The number of ketones is 6. The van der Waals surface area contributed by atoms with Gasteiger partial charge in [-0.2, -0.15) is 42.1 Å². The minimum Gasteiger partial charge on any atom is -0.341 e. The number of carbonyl (C=O) groups is 7. The van der Waals surface area contributed by atoms with E-state index in [0.29, 0.717) is 31.1 Å². The Kier molecular flexibility index (Phi) is 84.9. The highest BCUT2D eigenvalue weighted by Gasteiger charge is 2.23. The zero-order chi connectivity index (χ0) is 114. The molecular weight excluding hydrogens is 1800 g/mol. The van der Waals surface area contributed by atoms with Gasteiger partial charge < -0.3 is 5.32 Å².